The second kappa shape index (κ2) is 7.37. The van der Waals surface area contributed by atoms with E-state index in [1.807, 2.05) is 6.08 Å². The van der Waals surface area contributed by atoms with E-state index in [0.717, 1.165) is 36.2 Å². The zero-order chi connectivity index (χ0) is 20.0. The molecule has 1 aromatic carbocycles. The number of para-hydroxylation sites is 1. The molecule has 1 spiro atoms. The second-order valence-corrected chi connectivity index (χ2v) is 9.40. The third-order valence-corrected chi connectivity index (χ3v) is 7.23. The summed E-state index contributed by atoms with van der Waals surface area (Å²) in [6.07, 6.45) is 10.9. The van der Waals surface area contributed by atoms with Gasteiger partial charge in [-0.25, -0.2) is 4.98 Å². The number of imidazole rings is 1. The maximum Gasteiger partial charge on any atom is 0.247 e. The van der Waals surface area contributed by atoms with Crippen molar-refractivity contribution in [1.82, 2.24) is 15.3 Å². The summed E-state index contributed by atoms with van der Waals surface area (Å²) < 4.78 is 0. The van der Waals surface area contributed by atoms with E-state index in [4.69, 9.17) is 23.2 Å². The molecule has 7 heteroatoms. The molecule has 3 N–H and O–H groups in total. The van der Waals surface area contributed by atoms with Gasteiger partial charge in [-0.05, 0) is 75.0 Å². The monoisotopic (exact) mass is 430 g/mol. The lowest BCUT2D eigenvalue weighted by Gasteiger charge is -2.29. The molecule has 1 heterocycles. The number of hydrogen-bond acceptors (Lipinski definition) is 3. The molecular weight excluding hydrogens is 407 g/mol. The molecule has 2 saturated carbocycles. The van der Waals surface area contributed by atoms with Gasteiger partial charge in [-0.1, -0.05) is 29.3 Å². The minimum absolute atomic E-state index is 0.0547. The molecule has 0 aliphatic heterocycles. The Balaban J connectivity index is 1.27. The van der Waals surface area contributed by atoms with Crippen LogP contribution in [0, 0.1) is 5.41 Å². The van der Waals surface area contributed by atoms with Gasteiger partial charge in [0, 0.05) is 17.3 Å². The standard InChI is InChI=1S/C22H24Cl2N4O/c23-15-2-1-3-16(24)19(15)28-21-26-17-5-4-13(12-18(17)27-21)20(29)25-14-6-8-22(9-7-14)10-11-22/h1-3,12,14H,4-11H2,(H,25,29)(H2,26,27,28). The van der Waals surface area contributed by atoms with E-state index in [2.05, 4.69) is 20.6 Å². The zero-order valence-corrected chi connectivity index (χ0v) is 17.7. The molecule has 3 aliphatic rings. The first-order chi connectivity index (χ1) is 14.0. The second-order valence-electron chi connectivity index (χ2n) is 8.59. The number of carbonyl (C=O) groups excluding carboxylic acids is 1. The first kappa shape index (κ1) is 19.0. The highest BCUT2D eigenvalue weighted by atomic mass is 35.5. The van der Waals surface area contributed by atoms with Gasteiger partial charge in [0.15, 0.2) is 0 Å². The Bertz CT molecular complexity index is 962. The van der Waals surface area contributed by atoms with Crippen LogP contribution in [0.3, 0.4) is 0 Å². The predicted octanol–water partition coefficient (Wildman–Crippen LogP) is 5.63. The number of rotatable bonds is 4. The number of benzene rings is 1. The quantitative estimate of drug-likeness (QED) is 0.588. The predicted molar refractivity (Wildman–Crippen MR) is 117 cm³/mol. The molecule has 5 nitrogen and oxygen atoms in total. The van der Waals surface area contributed by atoms with Crippen LogP contribution in [-0.2, 0) is 11.2 Å². The van der Waals surface area contributed by atoms with Crippen molar-refractivity contribution in [3.63, 3.8) is 0 Å². The summed E-state index contributed by atoms with van der Waals surface area (Å²) in [4.78, 5) is 20.6. The van der Waals surface area contributed by atoms with Crippen molar-refractivity contribution in [3.05, 3.63) is 45.2 Å². The number of H-pyrrole nitrogens is 1. The van der Waals surface area contributed by atoms with Gasteiger partial charge in [0.1, 0.15) is 0 Å². The summed E-state index contributed by atoms with van der Waals surface area (Å²) in [5.74, 6) is 0.629. The van der Waals surface area contributed by atoms with Gasteiger partial charge in [0.05, 0.1) is 21.4 Å². The van der Waals surface area contributed by atoms with Crippen molar-refractivity contribution < 1.29 is 4.79 Å². The lowest BCUT2D eigenvalue weighted by Crippen LogP contribution is -2.39. The number of carbonyl (C=O) groups is 1. The van der Waals surface area contributed by atoms with Crippen molar-refractivity contribution in [2.45, 2.75) is 57.4 Å². The molecule has 5 rings (SSSR count). The van der Waals surface area contributed by atoms with Crippen molar-refractivity contribution in [2.24, 2.45) is 5.41 Å². The molecule has 3 aliphatic carbocycles. The number of halogens is 2. The zero-order valence-electron chi connectivity index (χ0n) is 16.2. The molecule has 1 amide bonds. The van der Waals surface area contributed by atoms with Crippen LogP contribution in [0.2, 0.25) is 10.0 Å². The minimum Gasteiger partial charge on any atom is -0.350 e. The van der Waals surface area contributed by atoms with Gasteiger partial charge in [-0.15, -0.1) is 0 Å². The van der Waals surface area contributed by atoms with Gasteiger partial charge >= 0.3 is 0 Å². The van der Waals surface area contributed by atoms with Crippen LogP contribution < -0.4 is 10.6 Å². The highest BCUT2D eigenvalue weighted by molar-refractivity contribution is 6.39. The lowest BCUT2D eigenvalue weighted by molar-refractivity contribution is -0.118. The molecule has 0 radical (unpaired) electrons. The van der Waals surface area contributed by atoms with Crippen LogP contribution in [0.25, 0.3) is 6.08 Å². The molecule has 152 valence electrons. The molecule has 0 atom stereocenters. The number of aromatic nitrogens is 2. The third-order valence-electron chi connectivity index (χ3n) is 6.60. The summed E-state index contributed by atoms with van der Waals surface area (Å²) in [7, 11) is 0. The smallest absolute Gasteiger partial charge is 0.247 e. The Hall–Kier alpha value is -1.98. The number of anilines is 2. The maximum absolute atomic E-state index is 12.8. The van der Waals surface area contributed by atoms with E-state index in [0.29, 0.717) is 39.6 Å². The van der Waals surface area contributed by atoms with Crippen LogP contribution in [-0.4, -0.2) is 21.9 Å². The third kappa shape index (κ3) is 3.90. The number of fused-ring (bicyclic) bond motifs is 1. The van der Waals surface area contributed by atoms with Crippen molar-refractivity contribution in [2.75, 3.05) is 5.32 Å². The summed E-state index contributed by atoms with van der Waals surface area (Å²) in [6.45, 7) is 0. The van der Waals surface area contributed by atoms with E-state index in [1.54, 1.807) is 18.2 Å². The average Bonchev–Trinajstić information content (AvgIpc) is 3.34. The van der Waals surface area contributed by atoms with Crippen molar-refractivity contribution >= 4 is 46.8 Å². The van der Waals surface area contributed by atoms with E-state index in [1.165, 1.54) is 25.7 Å². The maximum atomic E-state index is 12.8. The highest BCUT2D eigenvalue weighted by Crippen LogP contribution is 2.56. The molecule has 0 unspecified atom stereocenters. The molecule has 1 aromatic heterocycles. The Morgan fingerprint density at radius 2 is 1.83 bits per heavy atom. The fourth-order valence-corrected chi connectivity index (χ4v) is 5.02. The van der Waals surface area contributed by atoms with Crippen LogP contribution in [0.1, 0.15) is 56.3 Å². The number of hydrogen-bond donors (Lipinski definition) is 3. The summed E-state index contributed by atoms with van der Waals surface area (Å²) in [5, 5.41) is 7.47. The summed E-state index contributed by atoms with van der Waals surface area (Å²) in [6, 6.07) is 5.66. The van der Waals surface area contributed by atoms with E-state index in [9.17, 15) is 4.79 Å². The minimum atomic E-state index is 0.0547. The van der Waals surface area contributed by atoms with Crippen LogP contribution >= 0.6 is 23.2 Å². The van der Waals surface area contributed by atoms with Crippen molar-refractivity contribution in [3.8, 4) is 0 Å². The Morgan fingerprint density at radius 1 is 1.10 bits per heavy atom. The SMILES string of the molecule is O=C(NC1CCC2(CC1)CC2)C1=Cc2nc(Nc3c(Cl)cccc3Cl)[nH]c2CC1. The van der Waals surface area contributed by atoms with Crippen molar-refractivity contribution in [1.29, 1.82) is 0 Å². The highest BCUT2D eigenvalue weighted by Gasteiger charge is 2.44. The fraction of sp³-hybridized carbons (Fsp3) is 0.455. The van der Waals surface area contributed by atoms with Crippen LogP contribution in [0.15, 0.2) is 23.8 Å². The first-order valence-electron chi connectivity index (χ1n) is 10.3. The fourth-order valence-electron chi connectivity index (χ4n) is 4.53. The van der Waals surface area contributed by atoms with E-state index < -0.39 is 0 Å². The topological polar surface area (TPSA) is 69.8 Å². The molecule has 29 heavy (non-hydrogen) atoms. The lowest BCUT2D eigenvalue weighted by atomic mass is 9.83. The number of amides is 1. The Morgan fingerprint density at radius 3 is 2.52 bits per heavy atom. The van der Waals surface area contributed by atoms with E-state index >= 15 is 0 Å². The number of nitrogens with zero attached hydrogens (tertiary/aromatic N) is 1. The molecule has 0 saturated heterocycles. The number of nitrogens with one attached hydrogen (secondary N) is 3. The van der Waals surface area contributed by atoms with Crippen LogP contribution in [0.5, 0.6) is 0 Å². The Labute approximate surface area is 180 Å². The molecular formula is C22H24Cl2N4O. The largest absolute Gasteiger partial charge is 0.350 e. The normalized spacial score (nSPS) is 20.1. The summed E-state index contributed by atoms with van der Waals surface area (Å²) >= 11 is 12.5. The van der Waals surface area contributed by atoms with Crippen LogP contribution in [0.4, 0.5) is 11.6 Å². The number of aryl methyl sites for hydroxylation is 1. The van der Waals surface area contributed by atoms with Gasteiger partial charge in [0.25, 0.3) is 0 Å². The van der Waals surface area contributed by atoms with Gasteiger partial charge in [-0.3, -0.25) is 4.79 Å². The first-order valence-corrected chi connectivity index (χ1v) is 11.1. The van der Waals surface area contributed by atoms with Gasteiger partial charge in [0.2, 0.25) is 11.9 Å². The van der Waals surface area contributed by atoms with Gasteiger partial charge in [-0.2, -0.15) is 0 Å². The number of aromatic amines is 1. The van der Waals surface area contributed by atoms with Gasteiger partial charge < -0.3 is 15.6 Å². The Kier molecular flexibility index (Phi) is 4.83. The average molecular weight is 431 g/mol. The van der Waals surface area contributed by atoms with E-state index in [-0.39, 0.29) is 5.91 Å². The molecule has 0 bridgehead atoms. The molecule has 2 aromatic rings. The summed E-state index contributed by atoms with van der Waals surface area (Å²) in [5.41, 5.74) is 3.88. The molecule has 2 fully saturated rings.